The molecule has 0 saturated heterocycles. The van der Waals surface area contributed by atoms with E-state index in [1.807, 2.05) is 0 Å². The molecule has 1 N–H and O–H groups in total. The summed E-state index contributed by atoms with van der Waals surface area (Å²) in [5, 5.41) is -0.395. The average Bonchev–Trinajstić information content (AvgIpc) is 3.03. The molecule has 5 nitrogen and oxygen atoms in total. The average molecular weight is 361 g/mol. The molecule has 3 rings (SSSR count). The lowest BCUT2D eigenvalue weighted by atomic mass is 10.0. The maximum absolute atomic E-state index is 12.4. The molecule has 1 unspecified atom stereocenters. The van der Waals surface area contributed by atoms with Crippen LogP contribution in [-0.4, -0.2) is 24.1 Å². The van der Waals surface area contributed by atoms with Crippen LogP contribution >= 0.6 is 15.9 Å². The maximum Gasteiger partial charge on any atom is 0.281 e. The number of hydrogen-bond donors (Lipinski definition) is 1. The van der Waals surface area contributed by atoms with Crippen LogP contribution in [0.25, 0.3) is 0 Å². The van der Waals surface area contributed by atoms with E-state index in [9.17, 15) is 13.2 Å². The predicted octanol–water partition coefficient (Wildman–Crippen LogP) is 2.04. The monoisotopic (exact) mass is 360 g/mol. The van der Waals surface area contributed by atoms with Crippen LogP contribution in [0.2, 0.25) is 0 Å². The highest BCUT2D eigenvalue weighted by Crippen LogP contribution is 2.47. The summed E-state index contributed by atoms with van der Waals surface area (Å²) in [5.74, 6) is 0.201. The summed E-state index contributed by atoms with van der Waals surface area (Å²) in [4.78, 5) is 12.1. The van der Waals surface area contributed by atoms with Crippen LogP contribution in [-0.2, 0) is 17.1 Å². The lowest BCUT2D eigenvalue weighted by Gasteiger charge is -2.21. The number of carbonyl (C=O) groups is 1. The summed E-state index contributed by atoms with van der Waals surface area (Å²) in [5.41, 5.74) is 0.337. The van der Waals surface area contributed by atoms with Crippen molar-refractivity contribution in [1.29, 1.82) is 0 Å². The molecule has 2 fully saturated rings. The van der Waals surface area contributed by atoms with Crippen molar-refractivity contribution in [2.24, 2.45) is 18.9 Å². The summed E-state index contributed by atoms with van der Waals surface area (Å²) >= 11 is 3.27. The topological polar surface area (TPSA) is 68.2 Å². The first kappa shape index (κ1) is 14.1. The van der Waals surface area contributed by atoms with E-state index < -0.39 is 21.2 Å². The number of nitrogens with one attached hydrogen (secondary N) is 1. The van der Waals surface area contributed by atoms with E-state index >= 15 is 0 Å². The summed E-state index contributed by atoms with van der Waals surface area (Å²) in [7, 11) is -1.86. The minimum Gasteiger partial charge on any atom is -0.345 e. The van der Waals surface area contributed by atoms with Crippen LogP contribution in [0.4, 0.5) is 0 Å². The number of amides is 1. The van der Waals surface area contributed by atoms with Crippen molar-refractivity contribution in [3.63, 3.8) is 0 Å². The Morgan fingerprint density at radius 2 is 2.15 bits per heavy atom. The summed E-state index contributed by atoms with van der Waals surface area (Å²) < 4.78 is 29.3. The largest absolute Gasteiger partial charge is 0.345 e. The number of hydrogen-bond acceptors (Lipinski definition) is 3. The van der Waals surface area contributed by atoms with Gasteiger partial charge in [0.05, 0.1) is 5.25 Å². The fourth-order valence-corrected chi connectivity index (χ4v) is 5.89. The second-order valence-electron chi connectivity index (χ2n) is 5.84. The van der Waals surface area contributed by atoms with E-state index in [1.54, 1.807) is 23.9 Å². The molecule has 2 aliphatic carbocycles. The summed E-state index contributed by atoms with van der Waals surface area (Å²) in [6.07, 6.45) is 5.52. The van der Waals surface area contributed by atoms with Gasteiger partial charge in [-0.3, -0.25) is 4.79 Å². The number of aromatic nitrogens is 1. The molecule has 2 aliphatic rings. The first-order valence-corrected chi connectivity index (χ1v) is 9.08. The van der Waals surface area contributed by atoms with Crippen LogP contribution in [0, 0.1) is 11.8 Å². The van der Waals surface area contributed by atoms with Crippen LogP contribution in [0.3, 0.4) is 0 Å². The van der Waals surface area contributed by atoms with Crippen molar-refractivity contribution in [3.8, 4) is 0 Å². The zero-order valence-electron chi connectivity index (χ0n) is 11.2. The smallest absolute Gasteiger partial charge is 0.281 e. The zero-order chi connectivity index (χ0) is 14.5. The molecule has 20 heavy (non-hydrogen) atoms. The third-order valence-corrected chi connectivity index (χ3v) is 6.79. The molecule has 1 aromatic rings. The Hall–Kier alpha value is -0.820. The van der Waals surface area contributed by atoms with Gasteiger partial charge in [-0.2, -0.15) is 0 Å². The van der Waals surface area contributed by atoms with Gasteiger partial charge < -0.3 is 4.57 Å². The Morgan fingerprint density at radius 1 is 1.40 bits per heavy atom. The second kappa shape index (κ2) is 4.87. The van der Waals surface area contributed by atoms with Gasteiger partial charge in [0.15, 0.2) is 0 Å². The van der Waals surface area contributed by atoms with Gasteiger partial charge in [0, 0.05) is 17.7 Å². The van der Waals surface area contributed by atoms with Gasteiger partial charge in [-0.25, -0.2) is 13.1 Å². The lowest BCUT2D eigenvalue weighted by Crippen LogP contribution is -2.41. The molecule has 0 aromatic carbocycles. The van der Waals surface area contributed by atoms with Crippen molar-refractivity contribution < 1.29 is 13.2 Å². The Kier molecular flexibility index (Phi) is 3.44. The van der Waals surface area contributed by atoms with Gasteiger partial charge in [-0.05, 0) is 53.1 Å². The molecule has 1 amide bonds. The highest BCUT2D eigenvalue weighted by atomic mass is 79.9. The first-order valence-electron chi connectivity index (χ1n) is 6.74. The number of nitrogens with zero attached hydrogens (tertiary/aromatic N) is 1. The van der Waals surface area contributed by atoms with Gasteiger partial charge in [-0.1, -0.05) is 6.42 Å². The van der Waals surface area contributed by atoms with Gasteiger partial charge >= 0.3 is 0 Å². The third-order valence-electron chi connectivity index (χ3n) is 4.51. The van der Waals surface area contributed by atoms with Crippen molar-refractivity contribution in [3.05, 3.63) is 22.4 Å². The quantitative estimate of drug-likeness (QED) is 0.896. The fourth-order valence-electron chi connectivity index (χ4n) is 3.57. The van der Waals surface area contributed by atoms with Gasteiger partial charge in [0.2, 0.25) is 10.0 Å². The highest BCUT2D eigenvalue weighted by molar-refractivity contribution is 9.10. The van der Waals surface area contributed by atoms with Crippen LogP contribution < -0.4 is 4.72 Å². The molecule has 0 aliphatic heterocycles. The normalized spacial score (nSPS) is 28.8. The molecule has 1 heterocycles. The van der Waals surface area contributed by atoms with Crippen molar-refractivity contribution in [2.75, 3.05) is 0 Å². The number of fused-ring (bicyclic) bond motifs is 2. The first-order chi connectivity index (χ1) is 9.37. The number of carbonyl (C=O) groups excluding carboxylic acids is 1. The number of halogens is 1. The molecule has 2 bridgehead atoms. The van der Waals surface area contributed by atoms with Crippen molar-refractivity contribution >= 4 is 31.9 Å². The van der Waals surface area contributed by atoms with Crippen molar-refractivity contribution in [2.45, 2.75) is 30.9 Å². The highest BCUT2D eigenvalue weighted by Gasteiger charge is 2.46. The van der Waals surface area contributed by atoms with Crippen LogP contribution in [0.5, 0.6) is 0 Å². The van der Waals surface area contributed by atoms with E-state index in [1.165, 1.54) is 0 Å². The Bertz CT molecular complexity index is 653. The predicted molar refractivity (Wildman–Crippen MR) is 78.7 cm³/mol. The number of rotatable bonds is 3. The van der Waals surface area contributed by atoms with Gasteiger partial charge in [0.25, 0.3) is 5.91 Å². The number of aryl methyl sites for hydroxylation is 1. The summed E-state index contributed by atoms with van der Waals surface area (Å²) in [6.45, 7) is 0. The summed E-state index contributed by atoms with van der Waals surface area (Å²) in [6, 6.07) is 1.62. The maximum atomic E-state index is 12.4. The molecule has 1 aromatic heterocycles. The molecule has 3 atom stereocenters. The molecule has 0 spiro atoms. The Morgan fingerprint density at radius 3 is 2.65 bits per heavy atom. The Balaban J connectivity index is 1.77. The van der Waals surface area contributed by atoms with Crippen LogP contribution in [0.1, 0.15) is 36.2 Å². The minimum atomic E-state index is -3.57. The third kappa shape index (κ3) is 2.41. The van der Waals surface area contributed by atoms with E-state index in [-0.39, 0.29) is 5.92 Å². The zero-order valence-corrected chi connectivity index (χ0v) is 13.6. The van der Waals surface area contributed by atoms with E-state index in [4.69, 9.17) is 0 Å². The van der Waals surface area contributed by atoms with E-state index in [0.717, 1.165) is 23.7 Å². The SMILES string of the molecule is Cn1cc(Br)cc1C(=O)NS(=O)(=O)C1C[C@@H]2CC[C@H]1C2. The standard InChI is InChI=1S/C13H17BrN2O3S/c1-16-7-10(14)6-11(16)13(17)15-20(18,19)12-5-8-2-3-9(12)4-8/h6-9,12H,2-5H2,1H3,(H,15,17)/t8-,9+,12?/m1/s1. The minimum absolute atomic E-state index is 0.227. The molecule has 2 saturated carbocycles. The molecule has 110 valence electrons. The van der Waals surface area contributed by atoms with Gasteiger partial charge in [0.1, 0.15) is 5.69 Å². The fraction of sp³-hybridized carbons (Fsp3) is 0.615. The van der Waals surface area contributed by atoms with Gasteiger partial charge in [-0.15, -0.1) is 0 Å². The molecular formula is C13H17BrN2O3S. The van der Waals surface area contributed by atoms with E-state index in [2.05, 4.69) is 20.7 Å². The van der Waals surface area contributed by atoms with Crippen LogP contribution in [0.15, 0.2) is 16.7 Å². The number of sulfonamides is 1. The van der Waals surface area contributed by atoms with E-state index in [0.29, 0.717) is 18.0 Å². The second-order valence-corrected chi connectivity index (χ2v) is 8.66. The molecule has 7 heteroatoms. The molecular weight excluding hydrogens is 344 g/mol. The lowest BCUT2D eigenvalue weighted by molar-refractivity contribution is 0.0973. The molecule has 0 radical (unpaired) electrons. The van der Waals surface area contributed by atoms with Crippen molar-refractivity contribution in [1.82, 2.24) is 9.29 Å². The Labute approximate surface area is 126 Å².